The highest BCUT2D eigenvalue weighted by Crippen LogP contribution is 2.31. The van der Waals surface area contributed by atoms with Crippen LogP contribution in [0.1, 0.15) is 19.3 Å². The molecule has 1 saturated heterocycles. The van der Waals surface area contributed by atoms with Crippen LogP contribution in [0, 0.1) is 11.3 Å². The predicted molar refractivity (Wildman–Crippen MR) is 115 cm³/mol. The zero-order chi connectivity index (χ0) is 20.9. The lowest BCUT2D eigenvalue weighted by Crippen LogP contribution is -2.29. The number of carbonyl (C=O) groups excluding carboxylic acids is 1. The SMILES string of the molecule is CN(CCC#N)C(=O)CSc1nnc(-c2c[nH]c3ccccc23)n1CC1CCCO1. The number of rotatable bonds is 8. The Morgan fingerprint density at radius 1 is 1.43 bits per heavy atom. The monoisotopic (exact) mass is 424 g/mol. The average Bonchev–Trinajstić information content (AvgIpc) is 3.50. The van der Waals surface area contributed by atoms with Gasteiger partial charge in [0.15, 0.2) is 11.0 Å². The number of benzene rings is 1. The summed E-state index contributed by atoms with van der Waals surface area (Å²) in [6.07, 6.45) is 4.46. The van der Waals surface area contributed by atoms with Crippen molar-refractivity contribution in [3.63, 3.8) is 0 Å². The van der Waals surface area contributed by atoms with E-state index < -0.39 is 0 Å². The number of thioether (sulfide) groups is 1. The third-order valence-electron chi connectivity index (χ3n) is 5.27. The van der Waals surface area contributed by atoms with Gasteiger partial charge in [-0.05, 0) is 18.9 Å². The quantitative estimate of drug-likeness (QED) is 0.558. The molecule has 1 atom stereocenters. The van der Waals surface area contributed by atoms with E-state index in [1.165, 1.54) is 11.8 Å². The number of para-hydroxylation sites is 1. The number of nitrogens with one attached hydrogen (secondary N) is 1. The van der Waals surface area contributed by atoms with Crippen molar-refractivity contribution in [3.05, 3.63) is 30.5 Å². The van der Waals surface area contributed by atoms with Gasteiger partial charge in [0.2, 0.25) is 5.91 Å². The molecule has 4 rings (SSSR count). The van der Waals surface area contributed by atoms with Gasteiger partial charge in [-0.2, -0.15) is 5.26 Å². The minimum absolute atomic E-state index is 0.0319. The lowest BCUT2D eigenvalue weighted by Gasteiger charge is -2.16. The fourth-order valence-corrected chi connectivity index (χ4v) is 4.48. The molecule has 0 aliphatic carbocycles. The van der Waals surface area contributed by atoms with Gasteiger partial charge < -0.3 is 14.6 Å². The molecule has 1 amide bonds. The van der Waals surface area contributed by atoms with Gasteiger partial charge in [-0.1, -0.05) is 30.0 Å². The highest BCUT2D eigenvalue weighted by molar-refractivity contribution is 7.99. The zero-order valence-corrected chi connectivity index (χ0v) is 17.7. The smallest absolute Gasteiger partial charge is 0.232 e. The van der Waals surface area contributed by atoms with Crippen molar-refractivity contribution < 1.29 is 9.53 Å². The second kappa shape index (κ2) is 9.32. The molecule has 1 aliphatic heterocycles. The Hall–Kier alpha value is -2.83. The molecule has 1 unspecified atom stereocenters. The Labute approximate surface area is 179 Å². The van der Waals surface area contributed by atoms with E-state index in [4.69, 9.17) is 10.00 Å². The van der Waals surface area contributed by atoms with Crippen LogP contribution in [-0.4, -0.2) is 62.6 Å². The maximum atomic E-state index is 12.4. The first-order valence-corrected chi connectivity index (χ1v) is 11.0. The van der Waals surface area contributed by atoms with E-state index in [0.29, 0.717) is 24.7 Å². The summed E-state index contributed by atoms with van der Waals surface area (Å²) in [6.45, 7) is 1.86. The number of aromatic amines is 1. The minimum Gasteiger partial charge on any atom is -0.376 e. The second-order valence-corrected chi connectivity index (χ2v) is 8.25. The number of hydrogen-bond acceptors (Lipinski definition) is 6. The number of aromatic nitrogens is 4. The number of carbonyl (C=O) groups is 1. The number of nitrogens with zero attached hydrogens (tertiary/aromatic N) is 5. The topological polar surface area (TPSA) is 99.8 Å². The molecule has 0 spiro atoms. The lowest BCUT2D eigenvalue weighted by molar-refractivity contribution is -0.127. The van der Waals surface area contributed by atoms with Gasteiger partial charge in [0, 0.05) is 42.9 Å². The number of amides is 1. The normalized spacial score (nSPS) is 16.1. The van der Waals surface area contributed by atoms with Crippen LogP contribution in [0.4, 0.5) is 0 Å². The standard InChI is InChI=1S/C21H24N6O2S/c1-26(10-5-9-22)19(28)14-30-21-25-24-20(27(21)13-15-6-4-11-29-15)17-12-23-18-8-3-2-7-16(17)18/h2-3,7-8,12,15,23H,4-6,10-11,13-14H2,1H3. The van der Waals surface area contributed by atoms with Gasteiger partial charge in [-0.15, -0.1) is 10.2 Å². The third kappa shape index (κ3) is 4.35. The molecule has 3 heterocycles. The first-order chi connectivity index (χ1) is 14.7. The summed E-state index contributed by atoms with van der Waals surface area (Å²) in [7, 11) is 1.72. The number of ether oxygens (including phenoxy) is 1. The van der Waals surface area contributed by atoms with E-state index in [1.54, 1.807) is 11.9 Å². The molecule has 9 heteroatoms. The molecule has 1 aliphatic rings. The zero-order valence-electron chi connectivity index (χ0n) is 16.9. The molecular weight excluding hydrogens is 400 g/mol. The molecule has 156 valence electrons. The number of hydrogen-bond donors (Lipinski definition) is 1. The van der Waals surface area contributed by atoms with Crippen LogP contribution in [0.3, 0.4) is 0 Å². The van der Waals surface area contributed by atoms with E-state index in [2.05, 4.69) is 31.9 Å². The third-order valence-corrected chi connectivity index (χ3v) is 6.22. The second-order valence-electron chi connectivity index (χ2n) is 7.31. The molecule has 30 heavy (non-hydrogen) atoms. The highest BCUT2D eigenvalue weighted by Gasteiger charge is 2.23. The Morgan fingerprint density at radius 2 is 2.30 bits per heavy atom. The van der Waals surface area contributed by atoms with Crippen molar-refractivity contribution in [3.8, 4) is 17.5 Å². The predicted octanol–water partition coefficient (Wildman–Crippen LogP) is 3.07. The Balaban J connectivity index is 1.59. The molecule has 1 aromatic carbocycles. The first-order valence-electron chi connectivity index (χ1n) is 10.0. The summed E-state index contributed by atoms with van der Waals surface area (Å²) < 4.78 is 7.92. The lowest BCUT2D eigenvalue weighted by atomic mass is 10.1. The summed E-state index contributed by atoms with van der Waals surface area (Å²) in [5.41, 5.74) is 2.03. The maximum Gasteiger partial charge on any atom is 0.232 e. The summed E-state index contributed by atoms with van der Waals surface area (Å²) in [4.78, 5) is 17.3. The van der Waals surface area contributed by atoms with Crippen LogP contribution in [0.5, 0.6) is 0 Å². The van der Waals surface area contributed by atoms with Gasteiger partial charge in [-0.25, -0.2) is 0 Å². The van der Waals surface area contributed by atoms with E-state index >= 15 is 0 Å². The number of nitriles is 1. The van der Waals surface area contributed by atoms with E-state index in [9.17, 15) is 4.79 Å². The van der Waals surface area contributed by atoms with Crippen molar-refractivity contribution in [1.29, 1.82) is 5.26 Å². The van der Waals surface area contributed by atoms with Crippen LogP contribution in [0.25, 0.3) is 22.3 Å². The van der Waals surface area contributed by atoms with Crippen LogP contribution < -0.4 is 0 Å². The Kier molecular flexibility index (Phi) is 6.35. The summed E-state index contributed by atoms with van der Waals surface area (Å²) >= 11 is 1.37. The first kappa shape index (κ1) is 20.4. The van der Waals surface area contributed by atoms with Crippen molar-refractivity contribution in [1.82, 2.24) is 24.6 Å². The molecule has 0 radical (unpaired) electrons. The van der Waals surface area contributed by atoms with E-state index in [0.717, 1.165) is 41.7 Å². The van der Waals surface area contributed by atoms with Crippen molar-refractivity contribution in [2.24, 2.45) is 0 Å². The molecule has 1 N–H and O–H groups in total. The van der Waals surface area contributed by atoms with Crippen molar-refractivity contribution in [2.45, 2.75) is 37.1 Å². The molecule has 2 aromatic heterocycles. The molecule has 0 saturated carbocycles. The average molecular weight is 425 g/mol. The number of fused-ring (bicyclic) bond motifs is 1. The largest absolute Gasteiger partial charge is 0.376 e. The van der Waals surface area contributed by atoms with Crippen molar-refractivity contribution in [2.75, 3.05) is 26.0 Å². The van der Waals surface area contributed by atoms with Gasteiger partial charge in [0.05, 0.1) is 30.9 Å². The summed E-state index contributed by atoms with van der Waals surface area (Å²) in [5, 5.41) is 19.4. The van der Waals surface area contributed by atoms with Gasteiger partial charge in [0.25, 0.3) is 0 Å². The van der Waals surface area contributed by atoms with Gasteiger partial charge in [-0.3, -0.25) is 9.36 Å². The van der Waals surface area contributed by atoms with Crippen LogP contribution in [0.2, 0.25) is 0 Å². The van der Waals surface area contributed by atoms with E-state index in [1.807, 2.05) is 24.4 Å². The van der Waals surface area contributed by atoms with E-state index in [-0.39, 0.29) is 17.8 Å². The highest BCUT2D eigenvalue weighted by atomic mass is 32.2. The molecule has 3 aromatic rings. The van der Waals surface area contributed by atoms with Gasteiger partial charge >= 0.3 is 0 Å². The molecule has 1 fully saturated rings. The van der Waals surface area contributed by atoms with Crippen LogP contribution in [0.15, 0.2) is 35.6 Å². The molecule has 0 bridgehead atoms. The summed E-state index contributed by atoms with van der Waals surface area (Å²) in [5.74, 6) is 0.991. The molecule has 8 nitrogen and oxygen atoms in total. The van der Waals surface area contributed by atoms with Gasteiger partial charge in [0.1, 0.15) is 0 Å². The van der Waals surface area contributed by atoms with Crippen LogP contribution >= 0.6 is 11.8 Å². The Morgan fingerprint density at radius 3 is 3.10 bits per heavy atom. The van der Waals surface area contributed by atoms with Crippen molar-refractivity contribution >= 4 is 28.6 Å². The minimum atomic E-state index is -0.0319. The molecular formula is C21H24N6O2S. The van der Waals surface area contributed by atoms with Crippen LogP contribution in [-0.2, 0) is 16.1 Å². The number of H-pyrrole nitrogens is 1. The fourth-order valence-electron chi connectivity index (χ4n) is 3.59. The maximum absolute atomic E-state index is 12.4. The Bertz CT molecular complexity index is 1060. The fraction of sp³-hybridized carbons (Fsp3) is 0.429. The summed E-state index contributed by atoms with van der Waals surface area (Å²) in [6, 6.07) is 10.2.